The van der Waals surface area contributed by atoms with Crippen LogP contribution in [0, 0.1) is 5.82 Å². The summed E-state index contributed by atoms with van der Waals surface area (Å²) in [5.74, 6) is 1.89. The minimum absolute atomic E-state index is 0.0746. The quantitative estimate of drug-likeness (QED) is 0.144. The first-order valence-corrected chi connectivity index (χ1v) is 28.1. The fourth-order valence-electron chi connectivity index (χ4n) is 12.8. The summed E-state index contributed by atoms with van der Waals surface area (Å²) in [4.78, 5) is 9.91. The lowest BCUT2D eigenvalue weighted by molar-refractivity contribution is 0.482. The number of hydrogen-bond donors (Lipinski definition) is 0. The van der Waals surface area contributed by atoms with Gasteiger partial charge in [-0.05, 0) is 145 Å². The normalized spacial score (nSPS) is 14.8. The monoisotopic (exact) mass is 1050 g/mol. The molecule has 2 aromatic heterocycles. The number of halogens is 1. The summed E-state index contributed by atoms with van der Waals surface area (Å²) in [6, 6.07) is 85.6. The van der Waals surface area contributed by atoms with Crippen LogP contribution in [0.3, 0.4) is 0 Å². The van der Waals surface area contributed by atoms with E-state index in [-0.39, 0.29) is 16.6 Å². The Labute approximate surface area is 473 Å². The fourth-order valence-corrected chi connectivity index (χ4v) is 12.8. The summed E-state index contributed by atoms with van der Waals surface area (Å²) in [5.41, 5.74) is 18.2. The van der Waals surface area contributed by atoms with E-state index in [1.165, 1.54) is 11.1 Å². The Morgan fingerprint density at radius 3 is 1.75 bits per heavy atom. The number of nitrogens with zero attached hydrogens (tertiary/aromatic N) is 4. The summed E-state index contributed by atoms with van der Waals surface area (Å²) in [5, 5.41) is 2.24. The Bertz CT molecular complexity index is 4340. The standard InChI is InChI=1S/C75H61FN4O/c1-73(2,3)52-38-39-77-71(44-52)80-67-31-19-17-29-61(67)62-37-35-57(47-70(62)80)81-58-41-54(75(51-26-14-9-15-27-51)65-30-18-16-28-59(65)60-36-34-55(76)45-66(60)75)40-56(46-58)78-48-79(69-33-21-20-32-68(69)78)72-63(49-22-10-7-11-23-49)42-53(74(4,5)6)43-64(72)50-24-12-8-13-25-50/h7-47H,48H2,1-6H3. The summed E-state index contributed by atoms with van der Waals surface area (Å²) in [7, 11) is 0. The second kappa shape index (κ2) is 19.1. The molecule has 1 aliphatic heterocycles. The number of fused-ring (bicyclic) bond motifs is 7. The first-order valence-electron chi connectivity index (χ1n) is 28.1. The van der Waals surface area contributed by atoms with Crippen LogP contribution in [0.25, 0.3) is 61.0 Å². The zero-order valence-corrected chi connectivity index (χ0v) is 46.5. The second-order valence-corrected chi connectivity index (χ2v) is 23.7. The van der Waals surface area contributed by atoms with Crippen LogP contribution in [0.4, 0.5) is 27.1 Å². The van der Waals surface area contributed by atoms with Crippen LogP contribution in [0.5, 0.6) is 11.5 Å². The Hall–Kier alpha value is -9.52. The number of para-hydroxylation sites is 3. The molecule has 14 rings (SSSR count). The van der Waals surface area contributed by atoms with Gasteiger partial charge >= 0.3 is 0 Å². The van der Waals surface area contributed by atoms with E-state index in [9.17, 15) is 0 Å². The smallest absolute Gasteiger partial charge is 0.137 e. The Balaban J connectivity index is 1.01. The van der Waals surface area contributed by atoms with Gasteiger partial charge in [0.2, 0.25) is 0 Å². The average Bonchev–Trinajstić information content (AvgIpc) is 2.83. The third kappa shape index (κ3) is 8.31. The van der Waals surface area contributed by atoms with Crippen LogP contribution in [0.1, 0.15) is 74.9 Å². The lowest BCUT2D eigenvalue weighted by atomic mass is 9.67. The Morgan fingerprint density at radius 2 is 1.05 bits per heavy atom. The SMILES string of the molecule is CC(C)(C)c1ccnc(-n2c3ccccc3c3ccc(Oc4cc(N5CN(c6c(-c7ccccc7)cc(C(C)(C)C)cc6-c6ccccc6)c6ccccc65)cc(C5(c6ccccc6)c6ccccc6-c6ccc(F)cc65)c4)cc32)c1. The molecule has 0 amide bonds. The van der Waals surface area contributed by atoms with Gasteiger partial charge in [-0.1, -0.05) is 193 Å². The molecular weight excluding hydrogens is 992 g/mol. The zero-order chi connectivity index (χ0) is 55.2. The molecule has 10 aromatic carbocycles. The van der Waals surface area contributed by atoms with Gasteiger partial charge in [0.05, 0.1) is 33.5 Å². The van der Waals surface area contributed by atoms with Gasteiger partial charge in [0.15, 0.2) is 0 Å². The summed E-state index contributed by atoms with van der Waals surface area (Å²) >= 11 is 0. The van der Waals surface area contributed by atoms with Crippen LogP contribution in [-0.4, -0.2) is 16.2 Å². The predicted octanol–water partition coefficient (Wildman–Crippen LogP) is 19.6. The molecule has 12 aromatic rings. The van der Waals surface area contributed by atoms with E-state index in [2.05, 4.69) is 280 Å². The third-order valence-electron chi connectivity index (χ3n) is 16.7. The first-order chi connectivity index (χ1) is 39.3. The lowest BCUT2D eigenvalue weighted by Gasteiger charge is -2.35. The van der Waals surface area contributed by atoms with E-state index >= 15 is 4.39 Å². The van der Waals surface area contributed by atoms with Gasteiger partial charge in [-0.15, -0.1) is 0 Å². The maximum absolute atomic E-state index is 16.2. The largest absolute Gasteiger partial charge is 0.457 e. The maximum atomic E-state index is 16.2. The Morgan fingerprint density at radius 1 is 0.444 bits per heavy atom. The zero-order valence-electron chi connectivity index (χ0n) is 46.5. The van der Waals surface area contributed by atoms with Gasteiger partial charge < -0.3 is 14.5 Å². The number of ether oxygens (including phenoxy) is 1. The number of hydrogen-bond acceptors (Lipinski definition) is 4. The molecular formula is C75H61FN4O. The molecule has 394 valence electrons. The summed E-state index contributed by atoms with van der Waals surface area (Å²) < 4.78 is 25.9. The first kappa shape index (κ1) is 49.8. The maximum Gasteiger partial charge on any atom is 0.137 e. The van der Waals surface area contributed by atoms with E-state index in [1.807, 2.05) is 12.3 Å². The number of benzene rings is 10. The van der Waals surface area contributed by atoms with Gasteiger partial charge in [0.25, 0.3) is 0 Å². The van der Waals surface area contributed by atoms with Gasteiger partial charge in [0, 0.05) is 45.9 Å². The molecule has 1 atom stereocenters. The molecule has 0 radical (unpaired) electrons. The van der Waals surface area contributed by atoms with Crippen LogP contribution >= 0.6 is 0 Å². The van der Waals surface area contributed by atoms with E-state index in [4.69, 9.17) is 9.72 Å². The molecule has 1 unspecified atom stereocenters. The van der Waals surface area contributed by atoms with Crippen molar-refractivity contribution in [3.8, 4) is 50.7 Å². The molecule has 81 heavy (non-hydrogen) atoms. The van der Waals surface area contributed by atoms with Crippen LogP contribution in [0.15, 0.2) is 249 Å². The van der Waals surface area contributed by atoms with E-state index in [1.54, 1.807) is 12.1 Å². The predicted molar refractivity (Wildman–Crippen MR) is 333 cm³/mol. The van der Waals surface area contributed by atoms with Crippen molar-refractivity contribution in [1.82, 2.24) is 9.55 Å². The average molecular weight is 1050 g/mol. The Kier molecular flexibility index (Phi) is 11.7. The highest BCUT2D eigenvalue weighted by atomic mass is 19.1. The van der Waals surface area contributed by atoms with Crippen LogP contribution in [0.2, 0.25) is 0 Å². The molecule has 0 saturated carbocycles. The molecule has 6 heteroatoms. The number of rotatable bonds is 9. The van der Waals surface area contributed by atoms with Crippen molar-refractivity contribution in [3.63, 3.8) is 0 Å². The van der Waals surface area contributed by atoms with Gasteiger partial charge in [0.1, 0.15) is 29.8 Å². The summed E-state index contributed by atoms with van der Waals surface area (Å²) in [6.07, 6.45) is 1.92. The van der Waals surface area contributed by atoms with Crippen molar-refractivity contribution in [2.75, 3.05) is 16.5 Å². The molecule has 0 N–H and O–H groups in total. The third-order valence-corrected chi connectivity index (χ3v) is 16.7. The molecule has 0 fully saturated rings. The van der Waals surface area contributed by atoms with Gasteiger partial charge in [-0.25, -0.2) is 9.37 Å². The highest BCUT2D eigenvalue weighted by molar-refractivity contribution is 6.09. The van der Waals surface area contributed by atoms with E-state index < -0.39 is 5.41 Å². The van der Waals surface area contributed by atoms with E-state index in [0.717, 1.165) is 106 Å². The second-order valence-electron chi connectivity index (χ2n) is 23.7. The van der Waals surface area contributed by atoms with Crippen LogP contribution < -0.4 is 14.5 Å². The minimum atomic E-state index is -0.938. The molecule has 0 bridgehead atoms. The molecule has 0 saturated heterocycles. The molecule has 0 spiro atoms. The topological polar surface area (TPSA) is 33.5 Å². The highest BCUT2D eigenvalue weighted by Gasteiger charge is 2.47. The highest BCUT2D eigenvalue weighted by Crippen LogP contribution is 2.58. The molecule has 2 aliphatic rings. The van der Waals surface area contributed by atoms with Crippen LogP contribution in [-0.2, 0) is 16.2 Å². The van der Waals surface area contributed by atoms with Crippen molar-refractivity contribution in [1.29, 1.82) is 0 Å². The molecule has 3 heterocycles. The lowest BCUT2D eigenvalue weighted by Crippen LogP contribution is -2.30. The fraction of sp³-hybridized carbons (Fsp3) is 0.133. The van der Waals surface area contributed by atoms with Crippen molar-refractivity contribution < 1.29 is 9.13 Å². The summed E-state index contributed by atoms with van der Waals surface area (Å²) in [6.45, 7) is 14.1. The van der Waals surface area contributed by atoms with Gasteiger partial charge in [-0.3, -0.25) is 4.57 Å². The molecule has 1 aliphatic carbocycles. The van der Waals surface area contributed by atoms with Gasteiger partial charge in [-0.2, -0.15) is 0 Å². The van der Waals surface area contributed by atoms with Crippen molar-refractivity contribution in [2.24, 2.45) is 0 Å². The minimum Gasteiger partial charge on any atom is -0.457 e. The number of anilines is 4. The molecule has 5 nitrogen and oxygen atoms in total. The van der Waals surface area contributed by atoms with Crippen molar-refractivity contribution in [3.05, 3.63) is 288 Å². The van der Waals surface area contributed by atoms with E-state index in [0.29, 0.717) is 18.2 Å². The van der Waals surface area contributed by atoms with Crippen molar-refractivity contribution in [2.45, 2.75) is 57.8 Å². The van der Waals surface area contributed by atoms with Crippen molar-refractivity contribution >= 4 is 44.6 Å². The number of aromatic nitrogens is 2. The number of pyridine rings is 1.